The van der Waals surface area contributed by atoms with Crippen LogP contribution in [0, 0.1) is 0 Å². The van der Waals surface area contributed by atoms with Gasteiger partial charge in [0.25, 0.3) is 0 Å². The maximum atomic E-state index is 9.23. The van der Waals surface area contributed by atoms with Crippen molar-refractivity contribution in [1.82, 2.24) is 0 Å². The van der Waals surface area contributed by atoms with E-state index < -0.39 is 0 Å². The number of halogens is 1. The molecule has 1 aromatic carbocycles. The number of aliphatic hydroxyl groups excluding tert-OH is 1. The lowest BCUT2D eigenvalue weighted by molar-refractivity contribution is 0.195. The van der Waals surface area contributed by atoms with Gasteiger partial charge in [-0.2, -0.15) is 0 Å². The van der Waals surface area contributed by atoms with Gasteiger partial charge in [-0.05, 0) is 40.9 Å². The third kappa shape index (κ3) is 2.71. The van der Waals surface area contributed by atoms with Crippen molar-refractivity contribution in [2.75, 3.05) is 7.11 Å². The minimum Gasteiger partial charge on any atom is -0.496 e. The smallest absolute Gasteiger partial charge is 0.133 e. The van der Waals surface area contributed by atoms with Gasteiger partial charge in [0.2, 0.25) is 0 Å². The van der Waals surface area contributed by atoms with E-state index in [-0.39, 0.29) is 6.10 Å². The largest absolute Gasteiger partial charge is 0.496 e. The van der Waals surface area contributed by atoms with Crippen molar-refractivity contribution in [3.8, 4) is 5.75 Å². The van der Waals surface area contributed by atoms with Gasteiger partial charge >= 0.3 is 0 Å². The molecule has 1 N–H and O–H groups in total. The van der Waals surface area contributed by atoms with E-state index in [2.05, 4.69) is 15.9 Å². The lowest BCUT2D eigenvalue weighted by atomic mass is 10.1. The molecule has 1 atom stereocenters. The third-order valence-corrected chi connectivity index (χ3v) is 2.68. The Labute approximate surface area is 86.7 Å². The average Bonchev–Trinajstić information content (AvgIpc) is 2.08. The van der Waals surface area contributed by atoms with Crippen molar-refractivity contribution < 1.29 is 9.84 Å². The Morgan fingerprint density at radius 1 is 1.54 bits per heavy atom. The maximum Gasteiger partial charge on any atom is 0.133 e. The summed E-state index contributed by atoms with van der Waals surface area (Å²) in [5, 5.41) is 9.23. The number of rotatable bonds is 3. The van der Waals surface area contributed by atoms with Crippen LogP contribution in [0.15, 0.2) is 22.7 Å². The number of hydrogen-bond acceptors (Lipinski definition) is 2. The zero-order valence-electron chi connectivity index (χ0n) is 7.75. The molecular weight excluding hydrogens is 232 g/mol. The Balaban J connectivity index is 2.94. The minimum absolute atomic E-state index is 0.330. The van der Waals surface area contributed by atoms with Crippen LogP contribution in [0.2, 0.25) is 0 Å². The van der Waals surface area contributed by atoms with Gasteiger partial charge in [-0.25, -0.2) is 0 Å². The standard InChI is InChI=1S/C10H13BrO2/c1-7(12)6-8-4-3-5-9(13-2)10(8)11/h3-5,7,12H,6H2,1-2H3/t7-/m1/s1. The summed E-state index contributed by atoms with van der Waals surface area (Å²) in [5.41, 5.74) is 1.06. The van der Waals surface area contributed by atoms with Crippen LogP contribution in [0.3, 0.4) is 0 Å². The Morgan fingerprint density at radius 3 is 2.77 bits per heavy atom. The van der Waals surface area contributed by atoms with Crippen molar-refractivity contribution in [2.24, 2.45) is 0 Å². The summed E-state index contributed by atoms with van der Waals surface area (Å²) in [5.74, 6) is 0.804. The molecule has 0 spiro atoms. The third-order valence-electron chi connectivity index (χ3n) is 1.78. The van der Waals surface area contributed by atoms with E-state index in [9.17, 15) is 5.11 Å². The zero-order valence-corrected chi connectivity index (χ0v) is 9.34. The lowest BCUT2D eigenvalue weighted by Gasteiger charge is -2.09. The van der Waals surface area contributed by atoms with Crippen LogP contribution in [0.25, 0.3) is 0 Å². The number of methoxy groups -OCH3 is 1. The molecule has 0 fully saturated rings. The first kappa shape index (κ1) is 10.5. The molecule has 72 valence electrons. The first-order chi connectivity index (χ1) is 6.15. The molecule has 0 aliphatic rings. The summed E-state index contributed by atoms with van der Waals surface area (Å²) in [6, 6.07) is 5.77. The van der Waals surface area contributed by atoms with Crippen LogP contribution in [-0.4, -0.2) is 18.3 Å². The SMILES string of the molecule is COc1cccc(C[C@@H](C)O)c1Br. The molecule has 0 aliphatic heterocycles. The van der Waals surface area contributed by atoms with Gasteiger partial charge in [-0.1, -0.05) is 12.1 Å². The van der Waals surface area contributed by atoms with Crippen molar-refractivity contribution in [3.63, 3.8) is 0 Å². The van der Waals surface area contributed by atoms with Gasteiger partial charge in [-0.3, -0.25) is 0 Å². The first-order valence-corrected chi connectivity index (χ1v) is 4.94. The molecule has 1 aromatic rings. The van der Waals surface area contributed by atoms with Crippen molar-refractivity contribution in [3.05, 3.63) is 28.2 Å². The molecule has 13 heavy (non-hydrogen) atoms. The maximum absolute atomic E-state index is 9.23. The summed E-state index contributed by atoms with van der Waals surface area (Å²) in [4.78, 5) is 0. The Hall–Kier alpha value is -0.540. The van der Waals surface area contributed by atoms with Gasteiger partial charge in [-0.15, -0.1) is 0 Å². The van der Waals surface area contributed by atoms with Crippen molar-refractivity contribution in [1.29, 1.82) is 0 Å². The van der Waals surface area contributed by atoms with Gasteiger partial charge in [0.1, 0.15) is 5.75 Å². The second kappa shape index (κ2) is 4.63. The predicted octanol–water partition coefficient (Wildman–Crippen LogP) is 2.38. The zero-order chi connectivity index (χ0) is 9.84. The van der Waals surface area contributed by atoms with E-state index in [4.69, 9.17) is 4.74 Å². The van der Waals surface area contributed by atoms with E-state index in [1.807, 2.05) is 18.2 Å². The van der Waals surface area contributed by atoms with Gasteiger partial charge in [0, 0.05) is 0 Å². The summed E-state index contributed by atoms with van der Waals surface area (Å²) in [7, 11) is 1.63. The molecule has 0 radical (unpaired) electrons. The van der Waals surface area contributed by atoms with Crippen molar-refractivity contribution >= 4 is 15.9 Å². The van der Waals surface area contributed by atoms with E-state index >= 15 is 0 Å². The lowest BCUT2D eigenvalue weighted by Crippen LogP contribution is -2.05. The normalized spacial score (nSPS) is 12.6. The highest BCUT2D eigenvalue weighted by Gasteiger charge is 2.07. The summed E-state index contributed by atoms with van der Waals surface area (Å²) < 4.78 is 6.07. The fraction of sp³-hybridized carbons (Fsp3) is 0.400. The van der Waals surface area contributed by atoms with Crippen LogP contribution in [0.4, 0.5) is 0 Å². The molecule has 0 heterocycles. The monoisotopic (exact) mass is 244 g/mol. The molecule has 0 aromatic heterocycles. The summed E-state index contributed by atoms with van der Waals surface area (Å²) in [6.45, 7) is 1.77. The Kier molecular flexibility index (Phi) is 3.75. The second-order valence-electron chi connectivity index (χ2n) is 2.99. The Morgan fingerprint density at radius 2 is 2.23 bits per heavy atom. The highest BCUT2D eigenvalue weighted by atomic mass is 79.9. The van der Waals surface area contributed by atoms with E-state index in [0.29, 0.717) is 6.42 Å². The number of ether oxygens (including phenoxy) is 1. The van der Waals surface area contributed by atoms with E-state index in [1.54, 1.807) is 14.0 Å². The molecule has 0 unspecified atom stereocenters. The average molecular weight is 245 g/mol. The van der Waals surface area contributed by atoms with Gasteiger partial charge in [0.15, 0.2) is 0 Å². The molecular formula is C10H13BrO2. The number of aliphatic hydroxyl groups is 1. The molecule has 0 saturated heterocycles. The second-order valence-corrected chi connectivity index (χ2v) is 3.78. The fourth-order valence-electron chi connectivity index (χ4n) is 1.19. The molecule has 3 heteroatoms. The molecule has 2 nitrogen and oxygen atoms in total. The van der Waals surface area contributed by atoms with Crippen LogP contribution in [-0.2, 0) is 6.42 Å². The molecule has 1 rings (SSSR count). The highest BCUT2D eigenvalue weighted by molar-refractivity contribution is 9.10. The molecule has 0 bridgehead atoms. The number of hydrogen-bond donors (Lipinski definition) is 1. The minimum atomic E-state index is -0.330. The molecule has 0 aliphatic carbocycles. The summed E-state index contributed by atoms with van der Waals surface area (Å²) in [6.07, 6.45) is 0.307. The van der Waals surface area contributed by atoms with Crippen LogP contribution in [0.5, 0.6) is 5.75 Å². The van der Waals surface area contributed by atoms with Crippen LogP contribution in [0.1, 0.15) is 12.5 Å². The highest BCUT2D eigenvalue weighted by Crippen LogP contribution is 2.28. The number of benzene rings is 1. The quantitative estimate of drug-likeness (QED) is 0.885. The molecule has 0 amide bonds. The van der Waals surface area contributed by atoms with E-state index in [1.165, 1.54) is 0 Å². The predicted molar refractivity (Wildman–Crippen MR) is 56.1 cm³/mol. The van der Waals surface area contributed by atoms with Gasteiger partial charge in [0.05, 0.1) is 17.7 Å². The van der Waals surface area contributed by atoms with E-state index in [0.717, 1.165) is 15.8 Å². The summed E-state index contributed by atoms with van der Waals surface area (Å²) >= 11 is 3.43. The topological polar surface area (TPSA) is 29.5 Å². The van der Waals surface area contributed by atoms with Crippen LogP contribution >= 0.6 is 15.9 Å². The van der Waals surface area contributed by atoms with Crippen LogP contribution < -0.4 is 4.74 Å². The Bertz CT molecular complexity index is 284. The van der Waals surface area contributed by atoms with Crippen molar-refractivity contribution in [2.45, 2.75) is 19.4 Å². The molecule has 0 saturated carbocycles. The fourth-order valence-corrected chi connectivity index (χ4v) is 1.78. The van der Waals surface area contributed by atoms with Gasteiger partial charge < -0.3 is 9.84 Å². The first-order valence-electron chi connectivity index (χ1n) is 4.14.